The van der Waals surface area contributed by atoms with Gasteiger partial charge in [0.25, 0.3) is 0 Å². The minimum absolute atomic E-state index is 0.00268. The first kappa shape index (κ1) is 15.9. The van der Waals surface area contributed by atoms with Gasteiger partial charge in [0.2, 0.25) is 0 Å². The summed E-state index contributed by atoms with van der Waals surface area (Å²) in [4.78, 5) is 13.8. The number of nitrogens with zero attached hydrogens (tertiary/aromatic N) is 1. The van der Waals surface area contributed by atoms with Crippen LogP contribution in [0.5, 0.6) is 0 Å². The van der Waals surface area contributed by atoms with Crippen molar-refractivity contribution in [1.82, 2.24) is 0 Å². The van der Waals surface area contributed by atoms with Crippen LogP contribution in [0.3, 0.4) is 0 Å². The number of carboxylic acids is 1. The number of carbonyl (C=O) groups is 1. The molecule has 3 nitrogen and oxygen atoms in total. The summed E-state index contributed by atoms with van der Waals surface area (Å²) in [7, 11) is 0. The van der Waals surface area contributed by atoms with E-state index in [9.17, 15) is 9.90 Å². The van der Waals surface area contributed by atoms with E-state index >= 15 is 0 Å². The number of allylic oxidation sites excluding steroid dienone is 1. The van der Waals surface area contributed by atoms with E-state index in [0.717, 1.165) is 16.8 Å². The van der Waals surface area contributed by atoms with Crippen LogP contribution >= 0.6 is 11.6 Å². The molecule has 0 amide bonds. The largest absolute Gasteiger partial charge is 0.480 e. The second-order valence-corrected chi connectivity index (χ2v) is 6.98. The van der Waals surface area contributed by atoms with E-state index in [0.29, 0.717) is 5.02 Å². The van der Waals surface area contributed by atoms with Crippen molar-refractivity contribution in [1.29, 1.82) is 0 Å². The third-order valence-corrected chi connectivity index (χ3v) is 4.23. The summed E-state index contributed by atoms with van der Waals surface area (Å²) >= 11 is 6.10. The van der Waals surface area contributed by atoms with E-state index in [2.05, 4.69) is 6.08 Å². The second-order valence-electron chi connectivity index (χ2n) is 6.54. The lowest BCUT2D eigenvalue weighted by atomic mass is 9.85. The maximum Gasteiger partial charge on any atom is 0.326 e. The molecule has 1 atom stereocenters. The van der Waals surface area contributed by atoms with Gasteiger partial charge in [0.1, 0.15) is 6.04 Å². The molecule has 1 heterocycles. The van der Waals surface area contributed by atoms with Gasteiger partial charge in [-0.15, -0.1) is 0 Å². The third kappa shape index (κ3) is 2.80. The predicted molar refractivity (Wildman–Crippen MR) is 87.9 cm³/mol. The van der Waals surface area contributed by atoms with Crippen molar-refractivity contribution < 1.29 is 9.90 Å². The number of rotatable bonds is 3. The highest BCUT2D eigenvalue weighted by Crippen LogP contribution is 2.42. The van der Waals surface area contributed by atoms with Crippen molar-refractivity contribution in [3.8, 4) is 0 Å². The van der Waals surface area contributed by atoms with Gasteiger partial charge >= 0.3 is 5.97 Å². The highest BCUT2D eigenvalue weighted by atomic mass is 35.5. The summed E-state index contributed by atoms with van der Waals surface area (Å²) < 4.78 is 0. The number of benzene rings is 1. The van der Waals surface area contributed by atoms with Crippen molar-refractivity contribution in [2.24, 2.45) is 5.92 Å². The van der Waals surface area contributed by atoms with Crippen molar-refractivity contribution in [3.63, 3.8) is 0 Å². The molecule has 114 valence electrons. The minimum atomic E-state index is -0.799. The number of fused-ring (bicyclic) bond motifs is 1. The molecule has 0 aliphatic carbocycles. The van der Waals surface area contributed by atoms with Gasteiger partial charge in [-0.25, -0.2) is 4.79 Å². The molecule has 2 rings (SSSR count). The fourth-order valence-corrected chi connectivity index (χ4v) is 3.40. The fourth-order valence-electron chi connectivity index (χ4n) is 3.22. The van der Waals surface area contributed by atoms with Crippen molar-refractivity contribution in [2.75, 3.05) is 4.90 Å². The molecule has 0 saturated carbocycles. The number of aliphatic carboxylic acids is 1. The number of hydrogen-bond donors (Lipinski definition) is 1. The highest BCUT2D eigenvalue weighted by Gasteiger charge is 2.40. The van der Waals surface area contributed by atoms with Crippen LogP contribution in [0.15, 0.2) is 24.3 Å². The first-order chi connectivity index (χ1) is 9.65. The Morgan fingerprint density at radius 1 is 1.33 bits per heavy atom. The summed E-state index contributed by atoms with van der Waals surface area (Å²) in [5.41, 5.74) is 2.71. The molecule has 0 unspecified atom stereocenters. The quantitative estimate of drug-likeness (QED) is 0.896. The molecular weight excluding hydrogens is 286 g/mol. The maximum atomic E-state index is 11.8. The molecule has 0 bridgehead atoms. The van der Waals surface area contributed by atoms with E-state index < -0.39 is 12.0 Å². The van der Waals surface area contributed by atoms with Crippen LogP contribution in [0.25, 0.3) is 5.57 Å². The molecule has 0 radical (unpaired) electrons. The van der Waals surface area contributed by atoms with E-state index in [-0.39, 0.29) is 11.5 Å². The molecule has 1 aromatic rings. The summed E-state index contributed by atoms with van der Waals surface area (Å²) in [6.07, 6.45) is 2.12. The molecule has 0 saturated heterocycles. The van der Waals surface area contributed by atoms with E-state index in [1.165, 1.54) is 0 Å². The van der Waals surface area contributed by atoms with E-state index in [4.69, 9.17) is 11.6 Å². The van der Waals surface area contributed by atoms with Crippen LogP contribution in [0, 0.1) is 5.92 Å². The molecule has 0 fully saturated rings. The van der Waals surface area contributed by atoms with Gasteiger partial charge in [-0.05, 0) is 50.5 Å². The first-order valence-electron chi connectivity index (χ1n) is 7.16. The Kier molecular flexibility index (Phi) is 4.07. The normalized spacial score (nSPS) is 18.2. The molecule has 1 aromatic carbocycles. The smallest absolute Gasteiger partial charge is 0.326 e. The molecule has 4 heteroatoms. The van der Waals surface area contributed by atoms with Crippen molar-refractivity contribution in [2.45, 2.75) is 46.2 Å². The molecule has 0 aromatic heterocycles. The number of anilines is 1. The van der Waals surface area contributed by atoms with Gasteiger partial charge in [0.15, 0.2) is 0 Å². The number of carboxylic acid groups (broad SMARTS) is 1. The lowest BCUT2D eigenvalue weighted by Gasteiger charge is -2.47. The number of halogens is 1. The lowest BCUT2D eigenvalue weighted by Crippen LogP contribution is -2.56. The average Bonchev–Trinajstić information content (AvgIpc) is 2.33. The first-order valence-corrected chi connectivity index (χ1v) is 7.54. The Hall–Kier alpha value is -1.48. The van der Waals surface area contributed by atoms with Gasteiger partial charge in [0.05, 0.1) is 5.54 Å². The van der Waals surface area contributed by atoms with E-state index in [1.54, 1.807) is 0 Å². The fraction of sp³-hybridized carbons (Fsp3) is 0.471. The van der Waals surface area contributed by atoms with Crippen molar-refractivity contribution >= 4 is 28.8 Å². The average molecular weight is 308 g/mol. The topological polar surface area (TPSA) is 40.5 Å². The SMILES string of the molecule is CC1=CC(C)(C)N([C@@H](C(=O)O)C(C)C)c2ccc(Cl)cc21. The van der Waals surface area contributed by atoms with Gasteiger partial charge in [0, 0.05) is 16.3 Å². The minimum Gasteiger partial charge on any atom is -0.480 e. The predicted octanol–water partition coefficient (Wildman–Crippen LogP) is 4.45. The van der Waals surface area contributed by atoms with Gasteiger partial charge in [-0.3, -0.25) is 0 Å². The zero-order valence-corrected chi connectivity index (χ0v) is 13.9. The number of hydrogen-bond acceptors (Lipinski definition) is 2. The lowest BCUT2D eigenvalue weighted by molar-refractivity contribution is -0.140. The van der Waals surface area contributed by atoms with Crippen LogP contribution in [0.4, 0.5) is 5.69 Å². The summed E-state index contributed by atoms with van der Waals surface area (Å²) in [6.45, 7) is 10.0. The Balaban J connectivity index is 2.67. The van der Waals surface area contributed by atoms with E-state index in [1.807, 2.05) is 57.7 Å². The summed E-state index contributed by atoms with van der Waals surface area (Å²) in [5.74, 6) is -0.802. The van der Waals surface area contributed by atoms with Gasteiger partial charge < -0.3 is 10.0 Å². The van der Waals surface area contributed by atoms with Crippen LogP contribution in [0.1, 0.15) is 40.2 Å². The van der Waals surface area contributed by atoms with Gasteiger partial charge in [-0.2, -0.15) is 0 Å². The van der Waals surface area contributed by atoms with Crippen LogP contribution in [-0.4, -0.2) is 22.7 Å². The molecule has 1 N–H and O–H groups in total. The molecule has 1 aliphatic rings. The molecular formula is C17H22ClNO2. The molecule has 1 aliphatic heterocycles. The summed E-state index contributed by atoms with van der Waals surface area (Å²) in [6, 6.07) is 5.07. The maximum absolute atomic E-state index is 11.8. The highest BCUT2D eigenvalue weighted by molar-refractivity contribution is 6.30. The van der Waals surface area contributed by atoms with Crippen LogP contribution in [-0.2, 0) is 4.79 Å². The monoisotopic (exact) mass is 307 g/mol. The standard InChI is InChI=1S/C17H22ClNO2/c1-10(2)15(16(20)21)19-14-7-6-12(18)8-13(14)11(3)9-17(19,4)5/h6-10,15H,1-5H3,(H,20,21)/t15-/m1/s1. The summed E-state index contributed by atoms with van der Waals surface area (Å²) in [5, 5.41) is 10.4. The Bertz CT molecular complexity index is 605. The molecule has 0 spiro atoms. The zero-order valence-electron chi connectivity index (χ0n) is 13.1. The van der Waals surface area contributed by atoms with Crippen molar-refractivity contribution in [3.05, 3.63) is 34.9 Å². The Morgan fingerprint density at radius 3 is 2.48 bits per heavy atom. The molecule has 21 heavy (non-hydrogen) atoms. The van der Waals surface area contributed by atoms with Crippen LogP contribution in [0.2, 0.25) is 5.02 Å². The Morgan fingerprint density at radius 2 is 1.95 bits per heavy atom. The van der Waals surface area contributed by atoms with Gasteiger partial charge in [-0.1, -0.05) is 31.5 Å². The second kappa shape index (κ2) is 5.38. The Labute approximate surface area is 131 Å². The third-order valence-electron chi connectivity index (χ3n) is 4.00. The van der Waals surface area contributed by atoms with Crippen LogP contribution < -0.4 is 4.90 Å². The zero-order chi connectivity index (χ0) is 15.9.